The predicted octanol–water partition coefficient (Wildman–Crippen LogP) is 3.47. The first-order valence-corrected chi connectivity index (χ1v) is 8.90. The molecule has 2 atom stereocenters. The molecule has 1 saturated heterocycles. The summed E-state index contributed by atoms with van der Waals surface area (Å²) in [5, 5.41) is 0. The van der Waals surface area contributed by atoms with E-state index in [0.717, 1.165) is 37.7 Å². The van der Waals surface area contributed by atoms with Crippen LogP contribution >= 0.6 is 12.4 Å². The Morgan fingerprint density at radius 1 is 0.962 bits per heavy atom. The van der Waals surface area contributed by atoms with Crippen LogP contribution in [-0.2, 0) is 6.54 Å². The molecule has 2 aromatic carbocycles. The minimum atomic E-state index is 0. The summed E-state index contributed by atoms with van der Waals surface area (Å²) < 4.78 is 2.17. The van der Waals surface area contributed by atoms with Gasteiger partial charge in [0, 0.05) is 37.1 Å². The summed E-state index contributed by atoms with van der Waals surface area (Å²) in [6.45, 7) is 3.64. The summed E-state index contributed by atoms with van der Waals surface area (Å²) in [5.74, 6) is 2.09. The van der Waals surface area contributed by atoms with Gasteiger partial charge in [0.15, 0.2) is 0 Å². The molecule has 1 aromatic heterocycles. The summed E-state index contributed by atoms with van der Waals surface area (Å²) in [5.41, 5.74) is 8.62. The molecule has 5 heteroatoms. The van der Waals surface area contributed by atoms with E-state index >= 15 is 0 Å². The number of hydrogen-bond acceptors (Lipinski definition) is 3. The van der Waals surface area contributed by atoms with Crippen LogP contribution in [0.4, 0.5) is 0 Å². The number of para-hydroxylation sites is 1. The average molecular weight is 369 g/mol. The molecule has 136 valence electrons. The van der Waals surface area contributed by atoms with Gasteiger partial charge in [0.25, 0.3) is 0 Å². The highest BCUT2D eigenvalue weighted by Gasteiger charge is 2.33. The molecule has 1 aliphatic heterocycles. The Bertz CT molecular complexity index is 803. The van der Waals surface area contributed by atoms with Gasteiger partial charge in [-0.25, -0.2) is 4.98 Å². The van der Waals surface area contributed by atoms with Gasteiger partial charge in [0.2, 0.25) is 0 Å². The van der Waals surface area contributed by atoms with E-state index < -0.39 is 0 Å². The number of halogens is 1. The molecule has 0 spiro atoms. The van der Waals surface area contributed by atoms with E-state index in [1.165, 1.54) is 5.56 Å². The van der Waals surface area contributed by atoms with Crippen LogP contribution < -0.4 is 5.73 Å². The molecule has 4 rings (SSSR count). The molecule has 26 heavy (non-hydrogen) atoms. The zero-order valence-electron chi connectivity index (χ0n) is 14.7. The van der Waals surface area contributed by atoms with Crippen molar-refractivity contribution < 1.29 is 0 Å². The molecule has 1 aliphatic rings. The second kappa shape index (κ2) is 8.49. The largest absolute Gasteiger partial charge is 0.330 e. The summed E-state index contributed by atoms with van der Waals surface area (Å²) in [4.78, 5) is 7.08. The van der Waals surface area contributed by atoms with Crippen molar-refractivity contribution in [3.05, 3.63) is 84.4 Å². The Morgan fingerprint density at radius 2 is 1.65 bits per heavy atom. The van der Waals surface area contributed by atoms with Crippen molar-refractivity contribution in [1.29, 1.82) is 0 Å². The number of hydrogen-bond donors (Lipinski definition) is 1. The fourth-order valence-corrected chi connectivity index (χ4v) is 3.88. The van der Waals surface area contributed by atoms with Crippen LogP contribution in [0.1, 0.15) is 17.3 Å². The quantitative estimate of drug-likeness (QED) is 0.750. The van der Waals surface area contributed by atoms with Crippen molar-refractivity contribution in [3.8, 4) is 5.69 Å². The molecule has 0 radical (unpaired) electrons. The Hall–Kier alpha value is -2.14. The monoisotopic (exact) mass is 368 g/mol. The maximum atomic E-state index is 6.07. The minimum Gasteiger partial charge on any atom is -0.330 e. The topological polar surface area (TPSA) is 47.1 Å². The molecule has 0 saturated carbocycles. The third kappa shape index (κ3) is 3.83. The summed E-state index contributed by atoms with van der Waals surface area (Å²) in [6, 6.07) is 21.1. The van der Waals surface area contributed by atoms with Gasteiger partial charge < -0.3 is 10.3 Å². The van der Waals surface area contributed by atoms with E-state index in [4.69, 9.17) is 5.73 Å². The normalized spacial score (nSPS) is 20.0. The minimum absolute atomic E-state index is 0. The van der Waals surface area contributed by atoms with Crippen LogP contribution in [0.15, 0.2) is 73.1 Å². The second-order valence-electron chi connectivity index (χ2n) is 6.76. The Morgan fingerprint density at radius 3 is 2.35 bits per heavy atom. The van der Waals surface area contributed by atoms with Gasteiger partial charge >= 0.3 is 0 Å². The van der Waals surface area contributed by atoms with Gasteiger partial charge in [-0.2, -0.15) is 0 Å². The van der Waals surface area contributed by atoms with Crippen LogP contribution in [0, 0.1) is 5.92 Å². The third-order valence-corrected chi connectivity index (χ3v) is 5.16. The lowest BCUT2D eigenvalue weighted by atomic mass is 9.89. The summed E-state index contributed by atoms with van der Waals surface area (Å²) in [7, 11) is 0. The first kappa shape index (κ1) is 18.6. The van der Waals surface area contributed by atoms with Crippen LogP contribution in [0.5, 0.6) is 0 Å². The lowest BCUT2D eigenvalue weighted by molar-refractivity contribution is 0.307. The molecular weight excluding hydrogens is 344 g/mol. The van der Waals surface area contributed by atoms with Crippen LogP contribution in [0.2, 0.25) is 0 Å². The van der Waals surface area contributed by atoms with E-state index in [0.29, 0.717) is 11.8 Å². The number of rotatable bonds is 5. The molecule has 0 aliphatic carbocycles. The molecule has 4 nitrogen and oxygen atoms in total. The standard InChI is InChI=1S/C21H24N4.ClH/c22-13-18-14-24(15-20(18)17-7-3-1-4-8-17)16-21-23-11-12-25(21)19-9-5-2-6-10-19;/h1-12,18,20H,13-16,22H2;1H/t18-,20+;/m1./s1. The molecule has 3 aromatic rings. The van der Waals surface area contributed by atoms with Crippen molar-refractivity contribution in [1.82, 2.24) is 14.5 Å². The van der Waals surface area contributed by atoms with Gasteiger partial charge in [-0.15, -0.1) is 12.4 Å². The third-order valence-electron chi connectivity index (χ3n) is 5.16. The molecule has 2 N–H and O–H groups in total. The highest BCUT2D eigenvalue weighted by molar-refractivity contribution is 5.85. The van der Waals surface area contributed by atoms with Crippen LogP contribution in [-0.4, -0.2) is 34.1 Å². The average Bonchev–Trinajstić information content (AvgIpc) is 3.30. The smallest absolute Gasteiger partial charge is 0.127 e. The van der Waals surface area contributed by atoms with E-state index in [1.54, 1.807) is 0 Å². The van der Waals surface area contributed by atoms with Gasteiger partial charge in [-0.05, 0) is 30.2 Å². The Balaban J connectivity index is 0.00000196. The lowest BCUT2D eigenvalue weighted by Gasteiger charge is -2.17. The molecule has 1 fully saturated rings. The molecule has 0 unspecified atom stereocenters. The molecular formula is C21H25ClN4. The number of nitrogens with two attached hydrogens (primary N) is 1. The predicted molar refractivity (Wildman–Crippen MR) is 108 cm³/mol. The van der Waals surface area contributed by atoms with Gasteiger partial charge in [0.05, 0.1) is 6.54 Å². The number of benzene rings is 2. The number of likely N-dealkylation sites (tertiary alicyclic amines) is 1. The van der Waals surface area contributed by atoms with Crippen molar-refractivity contribution >= 4 is 12.4 Å². The first-order valence-electron chi connectivity index (χ1n) is 8.90. The van der Waals surface area contributed by atoms with Crippen LogP contribution in [0.25, 0.3) is 5.69 Å². The van der Waals surface area contributed by atoms with Gasteiger partial charge in [-0.1, -0.05) is 48.5 Å². The van der Waals surface area contributed by atoms with E-state index in [-0.39, 0.29) is 12.4 Å². The fourth-order valence-electron chi connectivity index (χ4n) is 3.88. The fraction of sp³-hybridized carbons (Fsp3) is 0.286. The lowest BCUT2D eigenvalue weighted by Crippen LogP contribution is -2.24. The number of imidazole rings is 1. The number of aromatic nitrogens is 2. The van der Waals surface area contributed by atoms with E-state index in [9.17, 15) is 0 Å². The van der Waals surface area contributed by atoms with Gasteiger partial charge in [0.1, 0.15) is 5.82 Å². The molecule has 0 bridgehead atoms. The summed E-state index contributed by atoms with van der Waals surface area (Å²) in [6.07, 6.45) is 3.92. The Labute approximate surface area is 161 Å². The highest BCUT2D eigenvalue weighted by Crippen LogP contribution is 2.32. The van der Waals surface area contributed by atoms with E-state index in [2.05, 4.69) is 69.0 Å². The maximum absolute atomic E-state index is 6.07. The van der Waals surface area contributed by atoms with Crippen molar-refractivity contribution in [2.75, 3.05) is 19.6 Å². The van der Waals surface area contributed by atoms with Gasteiger partial charge in [-0.3, -0.25) is 4.90 Å². The maximum Gasteiger partial charge on any atom is 0.127 e. The number of nitrogens with zero attached hydrogens (tertiary/aromatic N) is 3. The summed E-state index contributed by atoms with van der Waals surface area (Å²) >= 11 is 0. The van der Waals surface area contributed by atoms with Crippen molar-refractivity contribution in [2.24, 2.45) is 11.7 Å². The SMILES string of the molecule is Cl.NC[C@@H]1CN(Cc2nccn2-c2ccccc2)C[C@H]1c1ccccc1. The molecule has 2 heterocycles. The Kier molecular flexibility index (Phi) is 6.09. The highest BCUT2D eigenvalue weighted by atomic mass is 35.5. The van der Waals surface area contributed by atoms with Crippen molar-refractivity contribution in [2.45, 2.75) is 12.5 Å². The zero-order chi connectivity index (χ0) is 17.1. The zero-order valence-corrected chi connectivity index (χ0v) is 15.6. The second-order valence-corrected chi connectivity index (χ2v) is 6.76. The first-order chi connectivity index (χ1) is 12.3. The van der Waals surface area contributed by atoms with E-state index in [1.807, 2.05) is 18.5 Å². The van der Waals surface area contributed by atoms with Crippen LogP contribution in [0.3, 0.4) is 0 Å². The molecule has 0 amide bonds. The van der Waals surface area contributed by atoms with Crippen molar-refractivity contribution in [3.63, 3.8) is 0 Å².